The van der Waals surface area contributed by atoms with Gasteiger partial charge in [-0.25, -0.2) is 4.79 Å². The number of hydrogen-bond acceptors (Lipinski definition) is 5. The molecule has 1 heterocycles. The fraction of sp³-hybridized carbons (Fsp3) is 0.182. The van der Waals surface area contributed by atoms with Gasteiger partial charge in [-0.15, -0.1) is 5.10 Å². The number of aromatic hydroxyl groups is 1. The summed E-state index contributed by atoms with van der Waals surface area (Å²) in [5.74, 6) is 0.229. The van der Waals surface area contributed by atoms with Crippen molar-refractivity contribution in [3.8, 4) is 5.75 Å². The summed E-state index contributed by atoms with van der Waals surface area (Å²) in [6, 6.07) is 6.66. The van der Waals surface area contributed by atoms with E-state index in [1.165, 1.54) is 6.20 Å². The van der Waals surface area contributed by atoms with Gasteiger partial charge < -0.3 is 10.4 Å². The summed E-state index contributed by atoms with van der Waals surface area (Å²) in [5.41, 5.74) is 0.967. The minimum absolute atomic E-state index is 0.229. The average Bonchev–Trinajstić information content (AvgIpc) is 2.82. The second-order valence-corrected chi connectivity index (χ2v) is 4.37. The molecule has 3 N–H and O–H groups in total. The number of nitrogens with one attached hydrogen (secondary N) is 2. The average molecular weight is 264 g/mol. The minimum Gasteiger partial charge on any atom is -0.508 e. The van der Waals surface area contributed by atoms with E-state index in [0.29, 0.717) is 18.0 Å². The first-order chi connectivity index (χ1) is 8.74. The molecule has 2 amide bonds. The number of amides is 2. The molecule has 0 aliphatic rings. The van der Waals surface area contributed by atoms with Crippen LogP contribution in [0.2, 0.25) is 0 Å². The number of hydrogen-bond donors (Lipinski definition) is 3. The summed E-state index contributed by atoms with van der Waals surface area (Å²) >= 11 is 1.12. The normalized spacial score (nSPS) is 10.0. The van der Waals surface area contributed by atoms with Gasteiger partial charge in [0.25, 0.3) is 0 Å². The zero-order chi connectivity index (χ0) is 12.8. The molecule has 0 unspecified atom stereocenters. The Hall–Kier alpha value is -2.15. The van der Waals surface area contributed by atoms with Crippen LogP contribution in [0, 0.1) is 0 Å². The van der Waals surface area contributed by atoms with Crippen LogP contribution in [0.1, 0.15) is 5.56 Å². The third-order valence-electron chi connectivity index (χ3n) is 2.21. The number of benzene rings is 1. The molecule has 2 rings (SSSR count). The molecule has 0 bridgehead atoms. The van der Waals surface area contributed by atoms with E-state index in [1.807, 2.05) is 6.07 Å². The highest BCUT2D eigenvalue weighted by molar-refractivity contribution is 7.10. The van der Waals surface area contributed by atoms with Crippen molar-refractivity contribution >= 4 is 22.6 Å². The van der Waals surface area contributed by atoms with Crippen LogP contribution < -0.4 is 10.6 Å². The van der Waals surface area contributed by atoms with E-state index in [-0.39, 0.29) is 11.8 Å². The highest BCUT2D eigenvalue weighted by Crippen LogP contribution is 2.11. The van der Waals surface area contributed by atoms with E-state index in [4.69, 9.17) is 0 Å². The van der Waals surface area contributed by atoms with Gasteiger partial charge in [0.15, 0.2) is 0 Å². The molecule has 1 aromatic heterocycles. The van der Waals surface area contributed by atoms with Gasteiger partial charge >= 0.3 is 6.03 Å². The Bertz CT molecular complexity index is 516. The minimum atomic E-state index is -0.291. The van der Waals surface area contributed by atoms with Crippen LogP contribution >= 0.6 is 11.5 Å². The van der Waals surface area contributed by atoms with Crippen LogP contribution in [0.25, 0.3) is 0 Å². The van der Waals surface area contributed by atoms with E-state index in [9.17, 15) is 9.90 Å². The summed E-state index contributed by atoms with van der Waals surface area (Å²) in [7, 11) is 0. The van der Waals surface area contributed by atoms with Crippen molar-refractivity contribution in [2.75, 3.05) is 11.9 Å². The summed E-state index contributed by atoms with van der Waals surface area (Å²) in [6.07, 6.45) is 2.14. The third kappa shape index (κ3) is 3.70. The SMILES string of the molecule is O=C(NCCc1cccc(O)c1)Nc1cnns1. The number of anilines is 1. The van der Waals surface area contributed by atoms with Gasteiger partial charge in [0.1, 0.15) is 10.8 Å². The predicted octanol–water partition coefficient (Wildman–Crippen LogP) is 1.61. The van der Waals surface area contributed by atoms with Crippen LogP contribution in [-0.4, -0.2) is 27.3 Å². The van der Waals surface area contributed by atoms with Crippen molar-refractivity contribution in [2.24, 2.45) is 0 Å². The lowest BCUT2D eigenvalue weighted by Crippen LogP contribution is -2.30. The second kappa shape index (κ2) is 5.97. The number of carbonyl (C=O) groups is 1. The molecule has 6 nitrogen and oxygen atoms in total. The molecule has 0 fully saturated rings. The first-order valence-electron chi connectivity index (χ1n) is 5.34. The van der Waals surface area contributed by atoms with Crippen molar-refractivity contribution < 1.29 is 9.90 Å². The standard InChI is InChI=1S/C11H12N4O2S/c16-9-3-1-2-8(6-9)4-5-12-11(17)14-10-7-13-15-18-10/h1-3,6-7,16H,4-5H2,(H2,12,14,17). The van der Waals surface area contributed by atoms with Crippen LogP contribution in [0.5, 0.6) is 5.75 Å². The summed E-state index contributed by atoms with van der Waals surface area (Å²) < 4.78 is 3.63. The van der Waals surface area contributed by atoms with Crippen LogP contribution in [-0.2, 0) is 6.42 Å². The van der Waals surface area contributed by atoms with Gasteiger partial charge in [0, 0.05) is 18.1 Å². The van der Waals surface area contributed by atoms with Gasteiger partial charge in [0.05, 0.1) is 6.20 Å². The highest BCUT2D eigenvalue weighted by Gasteiger charge is 2.03. The van der Waals surface area contributed by atoms with E-state index in [1.54, 1.807) is 18.2 Å². The van der Waals surface area contributed by atoms with Crippen LogP contribution in [0.3, 0.4) is 0 Å². The Morgan fingerprint density at radius 2 is 2.33 bits per heavy atom. The van der Waals surface area contributed by atoms with E-state index in [2.05, 4.69) is 20.2 Å². The zero-order valence-corrected chi connectivity index (χ0v) is 10.3. The smallest absolute Gasteiger partial charge is 0.319 e. The summed E-state index contributed by atoms with van der Waals surface area (Å²) in [6.45, 7) is 0.488. The maximum absolute atomic E-state index is 11.4. The van der Waals surface area contributed by atoms with Crippen molar-refractivity contribution in [3.05, 3.63) is 36.0 Å². The molecule has 2 aromatic rings. The van der Waals surface area contributed by atoms with Crippen molar-refractivity contribution in [2.45, 2.75) is 6.42 Å². The fourth-order valence-electron chi connectivity index (χ4n) is 1.41. The molecular weight excluding hydrogens is 252 g/mol. The Kier molecular flexibility index (Phi) is 4.08. The van der Waals surface area contributed by atoms with Gasteiger partial charge in [0.2, 0.25) is 0 Å². The number of nitrogens with zero attached hydrogens (tertiary/aromatic N) is 2. The quantitative estimate of drug-likeness (QED) is 0.783. The number of urea groups is 1. The lowest BCUT2D eigenvalue weighted by Gasteiger charge is -2.05. The maximum atomic E-state index is 11.4. The first kappa shape index (κ1) is 12.3. The molecule has 18 heavy (non-hydrogen) atoms. The molecule has 0 saturated heterocycles. The number of phenolic OH excluding ortho intramolecular Hbond substituents is 1. The molecule has 0 atom stereocenters. The van der Waals surface area contributed by atoms with E-state index in [0.717, 1.165) is 17.1 Å². The molecule has 1 aromatic carbocycles. The summed E-state index contributed by atoms with van der Waals surface area (Å²) in [5, 5.41) is 18.8. The second-order valence-electron chi connectivity index (χ2n) is 3.58. The molecule has 0 radical (unpaired) electrons. The van der Waals surface area contributed by atoms with E-state index < -0.39 is 0 Å². The molecule has 94 valence electrons. The number of rotatable bonds is 4. The molecule has 0 aliphatic carbocycles. The zero-order valence-electron chi connectivity index (χ0n) is 9.46. The van der Waals surface area contributed by atoms with Crippen LogP contribution in [0.4, 0.5) is 9.80 Å². The van der Waals surface area contributed by atoms with Crippen molar-refractivity contribution in [3.63, 3.8) is 0 Å². The molecule has 0 spiro atoms. The van der Waals surface area contributed by atoms with Crippen LogP contribution in [0.15, 0.2) is 30.5 Å². The summed E-state index contributed by atoms with van der Waals surface area (Å²) in [4.78, 5) is 11.4. The highest BCUT2D eigenvalue weighted by atomic mass is 32.1. The van der Waals surface area contributed by atoms with Gasteiger partial charge in [-0.3, -0.25) is 5.32 Å². The lowest BCUT2D eigenvalue weighted by molar-refractivity contribution is 0.252. The van der Waals surface area contributed by atoms with Gasteiger partial charge in [-0.2, -0.15) is 0 Å². The number of carbonyl (C=O) groups excluding carboxylic acids is 1. The molecule has 7 heteroatoms. The maximum Gasteiger partial charge on any atom is 0.319 e. The first-order valence-corrected chi connectivity index (χ1v) is 6.11. The number of phenols is 1. The third-order valence-corrected chi connectivity index (χ3v) is 2.79. The fourth-order valence-corrected chi connectivity index (χ4v) is 1.83. The number of aromatic nitrogens is 2. The van der Waals surface area contributed by atoms with Crippen molar-refractivity contribution in [1.82, 2.24) is 14.9 Å². The molecule has 0 aliphatic heterocycles. The van der Waals surface area contributed by atoms with Gasteiger partial charge in [-0.1, -0.05) is 16.6 Å². The van der Waals surface area contributed by atoms with Gasteiger partial charge in [-0.05, 0) is 24.1 Å². The molecular formula is C11H12N4O2S. The Balaban J connectivity index is 1.73. The van der Waals surface area contributed by atoms with E-state index >= 15 is 0 Å². The monoisotopic (exact) mass is 264 g/mol. The Morgan fingerprint density at radius 1 is 1.44 bits per heavy atom. The topological polar surface area (TPSA) is 87.1 Å². The predicted molar refractivity (Wildman–Crippen MR) is 68.7 cm³/mol. The Labute approximate surface area is 108 Å². The van der Waals surface area contributed by atoms with Crippen molar-refractivity contribution in [1.29, 1.82) is 0 Å². The largest absolute Gasteiger partial charge is 0.508 e. The Morgan fingerprint density at radius 3 is 3.06 bits per heavy atom. The lowest BCUT2D eigenvalue weighted by atomic mass is 10.1. The molecule has 0 saturated carbocycles.